The minimum atomic E-state index is 0.335. The molecule has 0 radical (unpaired) electrons. The molecule has 2 aromatic carbocycles. The van der Waals surface area contributed by atoms with Gasteiger partial charge in [-0.25, -0.2) is 0 Å². The zero-order chi connectivity index (χ0) is 13.0. The number of hydrogen-bond acceptors (Lipinski definition) is 2. The lowest BCUT2D eigenvalue weighted by Gasteiger charge is -2.13. The molecule has 1 unspecified atom stereocenters. The third kappa shape index (κ3) is 2.70. The minimum Gasteiger partial charge on any atom is -0.388 e. The van der Waals surface area contributed by atoms with Gasteiger partial charge in [-0.2, -0.15) is 0 Å². The zero-order valence-corrected chi connectivity index (χ0v) is 10.6. The van der Waals surface area contributed by atoms with Gasteiger partial charge in [-0.3, -0.25) is 0 Å². The van der Waals surface area contributed by atoms with Gasteiger partial charge >= 0.3 is 0 Å². The van der Waals surface area contributed by atoms with Gasteiger partial charge in [-0.15, -0.1) is 5.26 Å². The van der Waals surface area contributed by atoms with E-state index in [-0.39, 0.29) is 0 Å². The van der Waals surface area contributed by atoms with Gasteiger partial charge in [0.05, 0.1) is 0 Å². The van der Waals surface area contributed by atoms with Crippen molar-refractivity contribution in [3.05, 3.63) is 65.2 Å². The zero-order valence-electron chi connectivity index (χ0n) is 10.6. The highest BCUT2D eigenvalue weighted by molar-refractivity contribution is 5.36. The number of nitriles is 1. The molecular formula is C16H15NO. The van der Waals surface area contributed by atoms with E-state index in [1.54, 1.807) is 6.26 Å². The second-order valence-electron chi connectivity index (χ2n) is 4.39. The van der Waals surface area contributed by atoms with Crippen LogP contribution in [0.25, 0.3) is 0 Å². The van der Waals surface area contributed by atoms with E-state index in [9.17, 15) is 0 Å². The molecule has 0 bridgehead atoms. The molecule has 1 atom stereocenters. The molecule has 2 nitrogen and oxygen atoms in total. The van der Waals surface area contributed by atoms with E-state index < -0.39 is 0 Å². The second kappa shape index (κ2) is 5.37. The molecule has 0 amide bonds. The van der Waals surface area contributed by atoms with Crippen molar-refractivity contribution >= 4 is 0 Å². The fourth-order valence-electron chi connectivity index (χ4n) is 1.92. The van der Waals surface area contributed by atoms with Crippen molar-refractivity contribution in [2.75, 3.05) is 0 Å². The van der Waals surface area contributed by atoms with Crippen LogP contribution in [0.15, 0.2) is 48.5 Å². The van der Waals surface area contributed by atoms with Crippen LogP contribution in [0.2, 0.25) is 0 Å². The Balaban J connectivity index is 2.20. The van der Waals surface area contributed by atoms with E-state index >= 15 is 0 Å². The maximum absolute atomic E-state index is 8.43. The third-order valence-electron chi connectivity index (χ3n) is 3.12. The standard InChI is InChI=1S/C16H15NO/c1-12-3-5-14(6-4-12)13(2)15-7-9-16(10-8-15)18-11-17/h3-10,13H,1-2H3. The maximum Gasteiger partial charge on any atom is 0.292 e. The average Bonchev–Trinajstić information content (AvgIpc) is 2.40. The van der Waals surface area contributed by atoms with Gasteiger partial charge in [0.2, 0.25) is 0 Å². The van der Waals surface area contributed by atoms with Gasteiger partial charge in [-0.1, -0.05) is 48.9 Å². The lowest BCUT2D eigenvalue weighted by atomic mass is 9.93. The van der Waals surface area contributed by atoms with Crippen molar-refractivity contribution in [1.82, 2.24) is 0 Å². The van der Waals surface area contributed by atoms with Crippen molar-refractivity contribution in [2.24, 2.45) is 0 Å². The smallest absolute Gasteiger partial charge is 0.292 e. The predicted octanol–water partition coefficient (Wildman–Crippen LogP) is 4.01. The topological polar surface area (TPSA) is 33.0 Å². The van der Waals surface area contributed by atoms with E-state index in [1.807, 2.05) is 24.3 Å². The first-order valence-electron chi connectivity index (χ1n) is 5.93. The largest absolute Gasteiger partial charge is 0.388 e. The van der Waals surface area contributed by atoms with E-state index in [4.69, 9.17) is 10.00 Å². The lowest BCUT2D eigenvalue weighted by Crippen LogP contribution is -1.96. The van der Waals surface area contributed by atoms with Crippen LogP contribution < -0.4 is 4.74 Å². The fourth-order valence-corrected chi connectivity index (χ4v) is 1.92. The predicted molar refractivity (Wildman–Crippen MR) is 71.4 cm³/mol. The van der Waals surface area contributed by atoms with Gasteiger partial charge in [0.25, 0.3) is 6.26 Å². The van der Waals surface area contributed by atoms with Crippen LogP contribution in [0.3, 0.4) is 0 Å². The van der Waals surface area contributed by atoms with Crippen molar-refractivity contribution in [2.45, 2.75) is 19.8 Å². The molecule has 2 rings (SSSR count). The summed E-state index contributed by atoms with van der Waals surface area (Å²) in [5.41, 5.74) is 3.77. The molecule has 0 aliphatic carbocycles. The quantitative estimate of drug-likeness (QED) is 0.756. The SMILES string of the molecule is Cc1ccc(C(C)c2ccc(OC#N)cc2)cc1. The first kappa shape index (κ1) is 12.2. The highest BCUT2D eigenvalue weighted by Gasteiger charge is 2.08. The highest BCUT2D eigenvalue weighted by atomic mass is 16.5. The van der Waals surface area contributed by atoms with E-state index in [1.165, 1.54) is 16.7 Å². The molecule has 0 aliphatic heterocycles. The van der Waals surface area contributed by atoms with E-state index in [0.29, 0.717) is 11.7 Å². The Kier molecular flexibility index (Phi) is 3.64. The fraction of sp³-hybridized carbons (Fsp3) is 0.188. The number of rotatable bonds is 3. The number of hydrogen-bond donors (Lipinski definition) is 0. The number of nitrogens with zero attached hydrogens (tertiary/aromatic N) is 1. The van der Waals surface area contributed by atoms with Crippen molar-refractivity contribution in [3.63, 3.8) is 0 Å². The van der Waals surface area contributed by atoms with Gasteiger partial charge < -0.3 is 4.74 Å². The summed E-state index contributed by atoms with van der Waals surface area (Å²) in [6.45, 7) is 4.26. The Morgan fingerprint density at radius 1 is 0.944 bits per heavy atom. The van der Waals surface area contributed by atoms with Crippen LogP contribution in [-0.2, 0) is 0 Å². The van der Waals surface area contributed by atoms with Crippen LogP contribution in [0, 0.1) is 18.4 Å². The molecule has 18 heavy (non-hydrogen) atoms. The first-order chi connectivity index (χ1) is 8.70. The molecule has 0 N–H and O–H groups in total. The summed E-state index contributed by atoms with van der Waals surface area (Å²) in [7, 11) is 0. The normalized spacial score (nSPS) is 11.6. The Bertz CT molecular complexity index is 549. The summed E-state index contributed by atoms with van der Waals surface area (Å²) in [4.78, 5) is 0. The Labute approximate surface area is 107 Å². The Morgan fingerprint density at radius 3 is 1.94 bits per heavy atom. The molecule has 0 fully saturated rings. The van der Waals surface area contributed by atoms with E-state index in [2.05, 4.69) is 38.1 Å². The van der Waals surface area contributed by atoms with Crippen molar-refractivity contribution in [1.29, 1.82) is 5.26 Å². The average molecular weight is 237 g/mol. The van der Waals surface area contributed by atoms with Gasteiger partial charge in [0, 0.05) is 5.92 Å². The lowest BCUT2D eigenvalue weighted by molar-refractivity contribution is 0.507. The summed E-state index contributed by atoms with van der Waals surface area (Å²) in [5, 5.41) is 8.43. The van der Waals surface area contributed by atoms with Crippen molar-refractivity contribution < 1.29 is 4.74 Å². The summed E-state index contributed by atoms with van der Waals surface area (Å²) >= 11 is 0. The molecule has 0 heterocycles. The van der Waals surface area contributed by atoms with E-state index in [0.717, 1.165) is 0 Å². The molecule has 0 aromatic heterocycles. The summed E-state index contributed by atoms with van der Waals surface area (Å²) in [5.74, 6) is 0.916. The molecule has 0 saturated heterocycles. The van der Waals surface area contributed by atoms with Crippen LogP contribution in [0.5, 0.6) is 5.75 Å². The summed E-state index contributed by atoms with van der Waals surface area (Å²) < 4.78 is 4.77. The van der Waals surface area contributed by atoms with Crippen LogP contribution >= 0.6 is 0 Å². The molecule has 2 aromatic rings. The minimum absolute atomic E-state index is 0.335. The van der Waals surface area contributed by atoms with Crippen LogP contribution in [0.4, 0.5) is 0 Å². The van der Waals surface area contributed by atoms with Crippen molar-refractivity contribution in [3.8, 4) is 12.0 Å². The molecular weight excluding hydrogens is 222 g/mol. The number of ether oxygens (including phenoxy) is 1. The third-order valence-corrected chi connectivity index (χ3v) is 3.12. The summed E-state index contributed by atoms with van der Waals surface area (Å²) in [6.07, 6.45) is 1.67. The molecule has 0 aliphatic rings. The monoisotopic (exact) mass is 237 g/mol. The van der Waals surface area contributed by atoms with Crippen LogP contribution in [0.1, 0.15) is 29.5 Å². The Hall–Kier alpha value is -2.27. The number of benzene rings is 2. The van der Waals surface area contributed by atoms with Gasteiger partial charge in [0.15, 0.2) is 0 Å². The first-order valence-corrected chi connectivity index (χ1v) is 5.93. The number of aryl methyl sites for hydroxylation is 1. The maximum atomic E-state index is 8.43. The van der Waals surface area contributed by atoms with Gasteiger partial charge in [0.1, 0.15) is 5.75 Å². The second-order valence-corrected chi connectivity index (χ2v) is 4.39. The molecule has 0 spiro atoms. The summed E-state index contributed by atoms with van der Waals surface area (Å²) in [6, 6.07) is 16.2. The van der Waals surface area contributed by atoms with Gasteiger partial charge in [-0.05, 0) is 30.2 Å². The highest BCUT2D eigenvalue weighted by Crippen LogP contribution is 2.25. The molecule has 0 saturated carbocycles. The molecule has 2 heteroatoms. The Morgan fingerprint density at radius 2 is 1.44 bits per heavy atom. The van der Waals surface area contributed by atoms with Crippen LogP contribution in [-0.4, -0.2) is 0 Å². The molecule has 90 valence electrons.